The van der Waals surface area contributed by atoms with Crippen molar-refractivity contribution < 1.29 is 4.39 Å². The van der Waals surface area contributed by atoms with E-state index in [1.54, 1.807) is 39.7 Å². The number of benzene rings is 2. The van der Waals surface area contributed by atoms with Crippen molar-refractivity contribution in [2.24, 2.45) is 0 Å². The van der Waals surface area contributed by atoms with Crippen LogP contribution in [-0.2, 0) is 5.75 Å². The maximum Gasteiger partial charge on any atom is 0.191 e. The molecule has 0 saturated heterocycles. The minimum atomic E-state index is -0.245. The van der Waals surface area contributed by atoms with Gasteiger partial charge >= 0.3 is 0 Å². The van der Waals surface area contributed by atoms with Crippen molar-refractivity contribution in [3.63, 3.8) is 0 Å². The average molecular weight is 407 g/mol. The molecule has 8 heteroatoms. The van der Waals surface area contributed by atoms with Gasteiger partial charge in [-0.15, -0.1) is 16.4 Å². The van der Waals surface area contributed by atoms with E-state index in [-0.39, 0.29) is 5.82 Å². The molecule has 5 nitrogen and oxygen atoms in total. The normalized spacial score (nSPS) is 11.5. The van der Waals surface area contributed by atoms with Gasteiger partial charge in [0.15, 0.2) is 10.8 Å². The molecule has 0 N–H and O–H groups in total. The summed E-state index contributed by atoms with van der Waals surface area (Å²) in [5.74, 6) is 1.13. The molecule has 0 saturated carbocycles. The highest BCUT2D eigenvalue weighted by Crippen LogP contribution is 2.29. The summed E-state index contributed by atoms with van der Waals surface area (Å²) in [7, 11) is 0. The summed E-state index contributed by atoms with van der Waals surface area (Å²) >= 11 is 3.13. The second kappa shape index (κ2) is 6.96. The minimum absolute atomic E-state index is 0.245. The lowest BCUT2D eigenvalue weighted by Crippen LogP contribution is -1.98. The second-order valence-electron chi connectivity index (χ2n) is 6.25. The molecule has 0 unspecified atom stereocenters. The first-order valence-electron chi connectivity index (χ1n) is 8.63. The monoisotopic (exact) mass is 407 g/mol. The van der Waals surface area contributed by atoms with E-state index in [0.29, 0.717) is 11.6 Å². The standard InChI is InChI=1S/C20H14FN5S2/c1-12-22-18-16-4-2-3-5-17(16)24-20(26(18)25-12)28-11-15-10-27-19(23-15)13-6-8-14(21)9-7-13/h2-10H,11H2,1H3. The van der Waals surface area contributed by atoms with E-state index < -0.39 is 0 Å². The predicted octanol–water partition coefficient (Wildman–Crippen LogP) is 5.14. The lowest BCUT2D eigenvalue weighted by molar-refractivity contribution is 0.628. The number of fused-ring (bicyclic) bond motifs is 3. The fraction of sp³-hybridized carbons (Fsp3) is 0.100. The second-order valence-corrected chi connectivity index (χ2v) is 8.05. The van der Waals surface area contributed by atoms with Gasteiger partial charge in [-0.05, 0) is 43.3 Å². The van der Waals surface area contributed by atoms with E-state index in [1.165, 1.54) is 12.1 Å². The summed E-state index contributed by atoms with van der Waals surface area (Å²) < 4.78 is 14.9. The number of hydrogen-bond acceptors (Lipinski definition) is 6. The molecule has 3 heterocycles. The zero-order valence-electron chi connectivity index (χ0n) is 14.8. The van der Waals surface area contributed by atoms with Crippen molar-refractivity contribution in [2.45, 2.75) is 17.8 Å². The third-order valence-corrected chi connectivity index (χ3v) is 6.15. The van der Waals surface area contributed by atoms with Gasteiger partial charge in [0, 0.05) is 22.1 Å². The van der Waals surface area contributed by atoms with Crippen LogP contribution in [0.1, 0.15) is 11.5 Å². The Balaban J connectivity index is 1.45. The third-order valence-electron chi connectivity index (χ3n) is 4.25. The minimum Gasteiger partial charge on any atom is -0.240 e. The van der Waals surface area contributed by atoms with Crippen molar-refractivity contribution >= 4 is 39.6 Å². The van der Waals surface area contributed by atoms with Crippen LogP contribution in [-0.4, -0.2) is 24.6 Å². The van der Waals surface area contributed by atoms with Crippen molar-refractivity contribution in [1.82, 2.24) is 24.6 Å². The zero-order chi connectivity index (χ0) is 19.1. The van der Waals surface area contributed by atoms with Crippen molar-refractivity contribution in [3.05, 3.63) is 71.2 Å². The molecule has 0 radical (unpaired) electrons. The number of para-hydroxylation sites is 1. The van der Waals surface area contributed by atoms with Gasteiger partial charge in [-0.3, -0.25) is 0 Å². The van der Waals surface area contributed by atoms with Crippen LogP contribution < -0.4 is 0 Å². The molecule has 0 aliphatic rings. The van der Waals surface area contributed by atoms with Crippen LogP contribution in [0.15, 0.2) is 59.1 Å². The first kappa shape index (κ1) is 17.3. The summed E-state index contributed by atoms with van der Waals surface area (Å²) in [6, 6.07) is 14.3. The topological polar surface area (TPSA) is 56.0 Å². The Hall–Kier alpha value is -2.84. The Kier molecular flexibility index (Phi) is 4.29. The number of rotatable bonds is 4. The molecule has 0 aliphatic heterocycles. The summed E-state index contributed by atoms with van der Waals surface area (Å²) in [5.41, 5.74) is 3.58. The van der Waals surface area contributed by atoms with Crippen molar-refractivity contribution in [1.29, 1.82) is 0 Å². The molecule has 138 valence electrons. The molecular weight excluding hydrogens is 393 g/mol. The van der Waals surface area contributed by atoms with Crippen LogP contribution >= 0.6 is 23.1 Å². The molecule has 0 spiro atoms. The van der Waals surface area contributed by atoms with Crippen LogP contribution in [0, 0.1) is 12.7 Å². The Bertz CT molecular complexity index is 1290. The fourth-order valence-electron chi connectivity index (χ4n) is 2.96. The number of thiazole rings is 1. The van der Waals surface area contributed by atoms with Gasteiger partial charge in [-0.1, -0.05) is 23.9 Å². The molecule has 0 fully saturated rings. The number of halogens is 1. The molecular formula is C20H14FN5S2. The maximum atomic E-state index is 13.1. The van der Waals surface area contributed by atoms with Crippen LogP contribution in [0.2, 0.25) is 0 Å². The first-order chi connectivity index (χ1) is 13.7. The Morgan fingerprint density at radius 2 is 1.86 bits per heavy atom. The van der Waals surface area contributed by atoms with Gasteiger partial charge in [0.1, 0.15) is 16.6 Å². The first-order valence-corrected chi connectivity index (χ1v) is 10.5. The van der Waals surface area contributed by atoms with Gasteiger partial charge in [-0.25, -0.2) is 19.3 Å². The van der Waals surface area contributed by atoms with Gasteiger partial charge in [0.2, 0.25) is 0 Å². The largest absolute Gasteiger partial charge is 0.240 e. The maximum absolute atomic E-state index is 13.1. The van der Waals surface area contributed by atoms with Gasteiger partial charge in [0.05, 0.1) is 11.2 Å². The highest BCUT2D eigenvalue weighted by atomic mass is 32.2. The quantitative estimate of drug-likeness (QED) is 0.305. The van der Waals surface area contributed by atoms with Crippen molar-refractivity contribution in [2.75, 3.05) is 0 Å². The highest BCUT2D eigenvalue weighted by Gasteiger charge is 2.13. The van der Waals surface area contributed by atoms with E-state index in [2.05, 4.69) is 15.1 Å². The molecule has 28 heavy (non-hydrogen) atoms. The number of thioether (sulfide) groups is 1. The highest BCUT2D eigenvalue weighted by molar-refractivity contribution is 7.98. The van der Waals surface area contributed by atoms with E-state index >= 15 is 0 Å². The molecule has 5 rings (SSSR count). The van der Waals surface area contributed by atoms with Gasteiger partial charge < -0.3 is 0 Å². The number of hydrogen-bond donors (Lipinski definition) is 0. The molecule has 0 atom stereocenters. The summed E-state index contributed by atoms with van der Waals surface area (Å²) in [6.45, 7) is 1.88. The lowest BCUT2D eigenvalue weighted by atomic mass is 10.2. The van der Waals surface area contributed by atoms with Crippen LogP contribution in [0.3, 0.4) is 0 Å². The van der Waals surface area contributed by atoms with Crippen LogP contribution in [0.5, 0.6) is 0 Å². The number of nitrogens with zero attached hydrogens (tertiary/aromatic N) is 5. The Morgan fingerprint density at radius 3 is 2.71 bits per heavy atom. The Morgan fingerprint density at radius 1 is 1.04 bits per heavy atom. The summed E-state index contributed by atoms with van der Waals surface area (Å²) in [6.07, 6.45) is 0. The molecule has 0 amide bonds. The van der Waals surface area contributed by atoms with Gasteiger partial charge in [0.25, 0.3) is 0 Å². The lowest BCUT2D eigenvalue weighted by Gasteiger charge is -2.05. The van der Waals surface area contributed by atoms with Crippen LogP contribution in [0.4, 0.5) is 4.39 Å². The summed E-state index contributed by atoms with van der Waals surface area (Å²) in [5, 5.41) is 9.18. The summed E-state index contributed by atoms with van der Waals surface area (Å²) in [4.78, 5) is 14.0. The molecule has 3 aromatic heterocycles. The average Bonchev–Trinajstić information content (AvgIpc) is 3.33. The molecule has 0 aliphatic carbocycles. The number of aromatic nitrogens is 5. The van der Waals surface area contributed by atoms with E-state index in [4.69, 9.17) is 4.98 Å². The third kappa shape index (κ3) is 3.14. The van der Waals surface area contributed by atoms with E-state index in [9.17, 15) is 4.39 Å². The van der Waals surface area contributed by atoms with Gasteiger partial charge in [-0.2, -0.15) is 4.52 Å². The smallest absolute Gasteiger partial charge is 0.191 e. The number of aryl methyl sites for hydroxylation is 1. The van der Waals surface area contributed by atoms with Crippen LogP contribution in [0.25, 0.3) is 27.1 Å². The molecule has 5 aromatic rings. The Labute approximate surface area is 168 Å². The predicted molar refractivity (Wildman–Crippen MR) is 110 cm³/mol. The molecule has 0 bridgehead atoms. The fourth-order valence-corrected chi connectivity index (χ4v) is 4.73. The van der Waals surface area contributed by atoms with E-state index in [0.717, 1.165) is 38.0 Å². The van der Waals surface area contributed by atoms with Crippen molar-refractivity contribution in [3.8, 4) is 10.6 Å². The zero-order valence-corrected chi connectivity index (χ0v) is 16.5. The molecule has 2 aromatic carbocycles. The van der Waals surface area contributed by atoms with E-state index in [1.807, 2.05) is 36.6 Å². The SMILES string of the molecule is Cc1nc2c3ccccc3nc(SCc3csc(-c4ccc(F)cc4)n3)n2n1.